The van der Waals surface area contributed by atoms with Gasteiger partial charge in [0.25, 0.3) is 0 Å². The quantitative estimate of drug-likeness (QED) is 0.809. The van der Waals surface area contributed by atoms with E-state index in [1.807, 2.05) is 37.3 Å². The summed E-state index contributed by atoms with van der Waals surface area (Å²) in [5, 5.41) is 0. The van der Waals surface area contributed by atoms with E-state index in [0.717, 1.165) is 5.56 Å². The first-order valence-corrected chi connectivity index (χ1v) is 6.75. The molecule has 1 aliphatic heterocycles. The Morgan fingerprint density at radius 3 is 2.25 bits per heavy atom. The van der Waals surface area contributed by atoms with E-state index in [4.69, 9.17) is 4.74 Å². The maximum atomic E-state index is 11.6. The molecule has 100 valence electrons. The lowest BCUT2D eigenvalue weighted by Crippen LogP contribution is -2.14. The summed E-state index contributed by atoms with van der Waals surface area (Å²) in [5.74, 6) is 0.823. The first-order valence-electron chi connectivity index (χ1n) is 6.75. The van der Waals surface area contributed by atoms with Gasteiger partial charge in [0.2, 0.25) is 0 Å². The lowest BCUT2D eigenvalue weighted by Gasteiger charge is -2.22. The van der Waals surface area contributed by atoms with Gasteiger partial charge in [-0.1, -0.05) is 54.6 Å². The van der Waals surface area contributed by atoms with E-state index < -0.39 is 0 Å². The van der Waals surface area contributed by atoms with Crippen LogP contribution in [0.2, 0.25) is 0 Å². The van der Waals surface area contributed by atoms with Crippen molar-refractivity contribution in [3.63, 3.8) is 0 Å². The van der Waals surface area contributed by atoms with Crippen LogP contribution in [0.3, 0.4) is 0 Å². The predicted octanol–water partition coefficient (Wildman–Crippen LogP) is 4.29. The Hall–Kier alpha value is -2.35. The Morgan fingerprint density at radius 2 is 1.60 bits per heavy atom. The zero-order valence-electron chi connectivity index (χ0n) is 11.4. The molecule has 20 heavy (non-hydrogen) atoms. The highest BCUT2D eigenvalue weighted by Gasteiger charge is 2.21. The molecule has 0 radical (unpaired) electrons. The molecule has 1 aliphatic rings. The van der Waals surface area contributed by atoms with Crippen molar-refractivity contribution in [1.29, 1.82) is 0 Å². The summed E-state index contributed by atoms with van der Waals surface area (Å²) in [6.07, 6.45) is 1.83. The molecule has 0 aliphatic carbocycles. The molecule has 2 heteroatoms. The van der Waals surface area contributed by atoms with Crippen LogP contribution in [0.15, 0.2) is 66.4 Å². The van der Waals surface area contributed by atoms with Gasteiger partial charge in [-0.25, -0.2) is 0 Å². The molecule has 0 amide bonds. The van der Waals surface area contributed by atoms with Gasteiger partial charge in [-0.05, 0) is 23.6 Å². The van der Waals surface area contributed by atoms with Crippen molar-refractivity contribution in [3.05, 3.63) is 72.0 Å². The first kappa shape index (κ1) is 12.7. The number of hydrogen-bond acceptors (Lipinski definition) is 2. The molecular formula is C18H16O2. The number of ketones is 1. The number of ether oxygens (including phenoxy) is 1. The molecule has 2 aromatic carbocycles. The molecule has 0 fully saturated rings. The summed E-state index contributed by atoms with van der Waals surface area (Å²) in [6.45, 7) is 1.82. The summed E-state index contributed by atoms with van der Waals surface area (Å²) < 4.78 is 5.73. The Bertz CT molecular complexity index is 639. The predicted molar refractivity (Wildman–Crippen MR) is 79.1 cm³/mol. The molecule has 2 nitrogen and oxygen atoms in total. The average Bonchev–Trinajstić information content (AvgIpc) is 2.47. The topological polar surface area (TPSA) is 26.3 Å². The largest absolute Gasteiger partial charge is 0.490 e. The normalized spacial score (nSPS) is 18.4. The third-order valence-electron chi connectivity index (χ3n) is 3.47. The number of carbonyl (C=O) groups is 1. The summed E-state index contributed by atoms with van der Waals surface area (Å²) in [7, 11) is 0. The van der Waals surface area contributed by atoms with Crippen LogP contribution in [0, 0.1) is 0 Å². The molecule has 1 atom stereocenters. The van der Waals surface area contributed by atoms with Gasteiger partial charge in [0.05, 0.1) is 12.2 Å². The molecule has 0 bridgehead atoms. The van der Waals surface area contributed by atoms with Crippen molar-refractivity contribution in [1.82, 2.24) is 0 Å². The van der Waals surface area contributed by atoms with Crippen LogP contribution >= 0.6 is 0 Å². The maximum Gasteiger partial charge on any atom is 0.163 e. The fraction of sp³-hybridized carbons (Fsp3) is 0.167. The van der Waals surface area contributed by atoms with Crippen molar-refractivity contribution in [3.8, 4) is 11.1 Å². The van der Waals surface area contributed by atoms with Crippen LogP contribution in [0.1, 0.15) is 25.0 Å². The SMILES string of the molecule is CC1=CC(=O)CC(c2ccc(-c3ccccc3)cc2)O1. The number of benzene rings is 2. The van der Waals surface area contributed by atoms with Gasteiger partial charge in [-0.3, -0.25) is 4.79 Å². The van der Waals surface area contributed by atoms with Crippen molar-refractivity contribution < 1.29 is 9.53 Å². The fourth-order valence-electron chi connectivity index (χ4n) is 2.48. The minimum Gasteiger partial charge on any atom is -0.490 e. The fourth-order valence-corrected chi connectivity index (χ4v) is 2.48. The second kappa shape index (κ2) is 5.33. The van der Waals surface area contributed by atoms with Crippen LogP contribution in [0.25, 0.3) is 11.1 Å². The minimum atomic E-state index is -0.155. The number of hydrogen-bond donors (Lipinski definition) is 0. The lowest BCUT2D eigenvalue weighted by atomic mass is 9.98. The summed E-state index contributed by atoms with van der Waals surface area (Å²) in [6, 6.07) is 18.5. The van der Waals surface area contributed by atoms with Gasteiger partial charge in [-0.15, -0.1) is 0 Å². The van der Waals surface area contributed by atoms with Crippen molar-refractivity contribution in [2.75, 3.05) is 0 Å². The Balaban J connectivity index is 1.84. The molecule has 0 saturated carbocycles. The highest BCUT2D eigenvalue weighted by atomic mass is 16.5. The van der Waals surface area contributed by atoms with Gasteiger partial charge in [0.1, 0.15) is 6.10 Å². The molecule has 1 heterocycles. The van der Waals surface area contributed by atoms with Gasteiger partial charge < -0.3 is 4.74 Å². The Kier molecular flexibility index (Phi) is 3.38. The first-order chi connectivity index (χ1) is 9.72. The zero-order chi connectivity index (χ0) is 13.9. The van der Waals surface area contributed by atoms with Gasteiger partial charge >= 0.3 is 0 Å². The van der Waals surface area contributed by atoms with Crippen LogP contribution in [0.5, 0.6) is 0 Å². The molecule has 0 aromatic heterocycles. The molecule has 2 aromatic rings. The number of carbonyl (C=O) groups excluding carboxylic acids is 1. The molecule has 0 spiro atoms. The second-order valence-corrected chi connectivity index (χ2v) is 5.02. The number of allylic oxidation sites excluding steroid dienone is 2. The standard InChI is InChI=1S/C18H16O2/c1-13-11-17(19)12-18(20-13)16-9-7-15(8-10-16)14-5-3-2-4-6-14/h2-11,18H,12H2,1H3. The average molecular weight is 264 g/mol. The van der Waals surface area contributed by atoms with Gasteiger partial charge in [0.15, 0.2) is 5.78 Å². The monoisotopic (exact) mass is 264 g/mol. The van der Waals surface area contributed by atoms with E-state index in [-0.39, 0.29) is 11.9 Å². The van der Waals surface area contributed by atoms with E-state index in [9.17, 15) is 4.79 Å². The van der Waals surface area contributed by atoms with Crippen LogP contribution in [0.4, 0.5) is 0 Å². The van der Waals surface area contributed by atoms with E-state index in [1.165, 1.54) is 11.1 Å². The van der Waals surface area contributed by atoms with Crippen molar-refractivity contribution in [2.45, 2.75) is 19.4 Å². The minimum absolute atomic E-state index is 0.130. The maximum absolute atomic E-state index is 11.6. The van der Waals surface area contributed by atoms with Crippen molar-refractivity contribution in [2.24, 2.45) is 0 Å². The Morgan fingerprint density at radius 1 is 0.950 bits per heavy atom. The molecule has 1 unspecified atom stereocenters. The van der Waals surface area contributed by atoms with Gasteiger partial charge in [-0.2, -0.15) is 0 Å². The second-order valence-electron chi connectivity index (χ2n) is 5.02. The number of rotatable bonds is 2. The third kappa shape index (κ3) is 2.64. The Labute approximate surface area is 118 Å². The smallest absolute Gasteiger partial charge is 0.163 e. The molecule has 0 N–H and O–H groups in total. The lowest BCUT2D eigenvalue weighted by molar-refractivity contribution is -0.118. The van der Waals surface area contributed by atoms with Crippen molar-refractivity contribution >= 4 is 5.78 Å². The summed E-state index contributed by atoms with van der Waals surface area (Å²) in [5.41, 5.74) is 3.41. The van der Waals surface area contributed by atoms with E-state index in [1.54, 1.807) is 6.08 Å². The van der Waals surface area contributed by atoms with E-state index in [0.29, 0.717) is 12.2 Å². The highest BCUT2D eigenvalue weighted by Crippen LogP contribution is 2.30. The summed E-state index contributed by atoms with van der Waals surface area (Å²) >= 11 is 0. The summed E-state index contributed by atoms with van der Waals surface area (Å²) in [4.78, 5) is 11.6. The van der Waals surface area contributed by atoms with Crippen LogP contribution in [-0.4, -0.2) is 5.78 Å². The molecular weight excluding hydrogens is 248 g/mol. The molecule has 0 saturated heterocycles. The zero-order valence-corrected chi connectivity index (χ0v) is 11.4. The highest BCUT2D eigenvalue weighted by molar-refractivity contribution is 5.91. The van der Waals surface area contributed by atoms with Gasteiger partial charge in [0, 0.05) is 6.08 Å². The van der Waals surface area contributed by atoms with E-state index >= 15 is 0 Å². The van der Waals surface area contributed by atoms with E-state index in [2.05, 4.69) is 24.3 Å². The molecule has 3 rings (SSSR count). The third-order valence-corrected chi connectivity index (χ3v) is 3.47. The van der Waals surface area contributed by atoms with Crippen LogP contribution < -0.4 is 0 Å². The van der Waals surface area contributed by atoms with Crippen LogP contribution in [-0.2, 0) is 9.53 Å².